The van der Waals surface area contributed by atoms with Crippen LogP contribution < -0.4 is 10.2 Å². The van der Waals surface area contributed by atoms with Gasteiger partial charge in [-0.05, 0) is 19.2 Å². The number of pyridine rings is 1. The highest BCUT2D eigenvalue weighted by molar-refractivity contribution is 5.38. The minimum atomic E-state index is 0.750. The van der Waals surface area contributed by atoms with Crippen LogP contribution in [-0.4, -0.2) is 28.6 Å². The third-order valence-electron chi connectivity index (χ3n) is 2.84. The molecule has 0 bridgehead atoms. The molecule has 0 amide bonds. The van der Waals surface area contributed by atoms with Crippen molar-refractivity contribution < 1.29 is 0 Å². The van der Waals surface area contributed by atoms with E-state index in [-0.39, 0.29) is 0 Å². The van der Waals surface area contributed by atoms with E-state index in [0.29, 0.717) is 0 Å². The van der Waals surface area contributed by atoms with Gasteiger partial charge in [-0.2, -0.15) is 0 Å². The van der Waals surface area contributed by atoms with Gasteiger partial charge in [-0.1, -0.05) is 6.07 Å². The van der Waals surface area contributed by atoms with Crippen molar-refractivity contribution in [2.45, 2.75) is 13.1 Å². The number of hydrogen-bond acceptors (Lipinski definition) is 4. The highest BCUT2D eigenvalue weighted by Crippen LogP contribution is 2.12. The van der Waals surface area contributed by atoms with Gasteiger partial charge in [-0.15, -0.1) is 0 Å². The Morgan fingerprint density at radius 2 is 2.22 bits per heavy atom. The quantitative estimate of drug-likeness (QED) is 0.859. The lowest BCUT2D eigenvalue weighted by Gasteiger charge is -2.18. The number of aromatic nitrogens is 3. The van der Waals surface area contributed by atoms with Gasteiger partial charge in [0.1, 0.15) is 11.6 Å². The molecule has 1 N–H and O–H groups in total. The predicted octanol–water partition coefficient (Wildman–Crippen LogP) is 1.17. The summed E-state index contributed by atoms with van der Waals surface area (Å²) in [6, 6.07) is 6.07. The SMILES string of the molecule is CNCc1cccc(N(C)Cc2nccn2C)n1. The normalized spacial score (nSPS) is 10.6. The van der Waals surface area contributed by atoms with Crippen LogP contribution in [0.15, 0.2) is 30.6 Å². The van der Waals surface area contributed by atoms with Crippen LogP contribution in [0.3, 0.4) is 0 Å². The summed E-state index contributed by atoms with van der Waals surface area (Å²) in [7, 11) is 5.95. The molecule has 2 rings (SSSR count). The second-order valence-electron chi connectivity index (χ2n) is 4.33. The van der Waals surface area contributed by atoms with Gasteiger partial charge in [0.05, 0.1) is 12.2 Å². The Labute approximate surface area is 107 Å². The van der Waals surface area contributed by atoms with Crippen LogP contribution in [0.2, 0.25) is 0 Å². The van der Waals surface area contributed by atoms with E-state index >= 15 is 0 Å². The number of imidazole rings is 1. The molecule has 18 heavy (non-hydrogen) atoms. The Morgan fingerprint density at radius 1 is 1.39 bits per heavy atom. The maximum absolute atomic E-state index is 4.60. The smallest absolute Gasteiger partial charge is 0.129 e. The van der Waals surface area contributed by atoms with Gasteiger partial charge in [-0.25, -0.2) is 9.97 Å². The number of hydrogen-bond donors (Lipinski definition) is 1. The van der Waals surface area contributed by atoms with Crippen LogP contribution in [0.4, 0.5) is 5.82 Å². The first-order valence-electron chi connectivity index (χ1n) is 5.98. The second-order valence-corrected chi connectivity index (χ2v) is 4.33. The van der Waals surface area contributed by atoms with Crippen molar-refractivity contribution in [1.82, 2.24) is 19.9 Å². The lowest BCUT2D eigenvalue weighted by Crippen LogP contribution is -2.20. The van der Waals surface area contributed by atoms with E-state index < -0.39 is 0 Å². The summed E-state index contributed by atoms with van der Waals surface area (Å²) in [5.74, 6) is 1.99. The van der Waals surface area contributed by atoms with Crippen LogP contribution in [-0.2, 0) is 20.1 Å². The highest BCUT2D eigenvalue weighted by Gasteiger charge is 2.07. The van der Waals surface area contributed by atoms with Gasteiger partial charge in [0.15, 0.2) is 0 Å². The lowest BCUT2D eigenvalue weighted by atomic mass is 10.3. The van der Waals surface area contributed by atoms with E-state index in [4.69, 9.17) is 0 Å². The van der Waals surface area contributed by atoms with Crippen LogP contribution in [0, 0.1) is 0 Å². The molecule has 0 aliphatic rings. The molecule has 0 saturated heterocycles. The standard InChI is InChI=1S/C13H19N5/c1-14-9-11-5-4-6-12(16-11)18(3)10-13-15-7-8-17(13)2/h4-8,14H,9-10H2,1-3H3. The molecule has 5 nitrogen and oxygen atoms in total. The predicted molar refractivity (Wildman–Crippen MR) is 72.3 cm³/mol. The Balaban J connectivity index is 2.11. The van der Waals surface area contributed by atoms with E-state index in [2.05, 4.69) is 20.2 Å². The van der Waals surface area contributed by atoms with Crippen LogP contribution in [0.5, 0.6) is 0 Å². The molecule has 0 aliphatic heterocycles. The molecule has 0 fully saturated rings. The minimum absolute atomic E-state index is 0.750. The summed E-state index contributed by atoms with van der Waals surface area (Å²) in [5.41, 5.74) is 1.04. The lowest BCUT2D eigenvalue weighted by molar-refractivity contribution is 0.746. The van der Waals surface area contributed by atoms with Crippen LogP contribution in [0.25, 0.3) is 0 Å². The zero-order valence-electron chi connectivity index (χ0n) is 11.1. The zero-order valence-corrected chi connectivity index (χ0v) is 11.1. The molecule has 0 unspecified atom stereocenters. The van der Waals surface area contributed by atoms with Crippen LogP contribution in [0.1, 0.15) is 11.5 Å². The van der Waals surface area contributed by atoms with Crippen molar-refractivity contribution in [3.63, 3.8) is 0 Å². The molecular formula is C13H19N5. The molecule has 0 aromatic carbocycles. The molecule has 2 aromatic heterocycles. The fourth-order valence-corrected chi connectivity index (χ4v) is 1.80. The van der Waals surface area contributed by atoms with Gasteiger partial charge >= 0.3 is 0 Å². The molecule has 2 heterocycles. The highest BCUT2D eigenvalue weighted by atomic mass is 15.2. The molecule has 0 radical (unpaired) electrons. The van der Waals surface area contributed by atoms with Gasteiger partial charge in [0.25, 0.3) is 0 Å². The number of nitrogens with one attached hydrogen (secondary N) is 1. The van der Waals surface area contributed by atoms with Crippen molar-refractivity contribution in [3.05, 3.63) is 42.1 Å². The Hall–Kier alpha value is -1.88. The van der Waals surface area contributed by atoms with Crippen LogP contribution >= 0.6 is 0 Å². The fourth-order valence-electron chi connectivity index (χ4n) is 1.80. The van der Waals surface area contributed by atoms with E-state index in [9.17, 15) is 0 Å². The van der Waals surface area contributed by atoms with Gasteiger partial charge < -0.3 is 14.8 Å². The van der Waals surface area contributed by atoms with Gasteiger partial charge in [0.2, 0.25) is 0 Å². The second kappa shape index (κ2) is 5.64. The fraction of sp³-hybridized carbons (Fsp3) is 0.385. The van der Waals surface area contributed by atoms with E-state index in [1.54, 1.807) is 0 Å². The zero-order chi connectivity index (χ0) is 13.0. The summed E-state index contributed by atoms with van der Waals surface area (Å²) in [5, 5.41) is 3.11. The molecular weight excluding hydrogens is 226 g/mol. The molecule has 0 aliphatic carbocycles. The van der Waals surface area contributed by atoms with E-state index in [1.807, 2.05) is 56.3 Å². The monoisotopic (exact) mass is 245 g/mol. The van der Waals surface area contributed by atoms with Crippen molar-refractivity contribution in [1.29, 1.82) is 0 Å². The summed E-state index contributed by atoms with van der Waals surface area (Å²) in [6.07, 6.45) is 3.77. The summed E-state index contributed by atoms with van der Waals surface area (Å²) < 4.78 is 2.02. The maximum atomic E-state index is 4.60. The molecule has 0 atom stereocenters. The Kier molecular flexibility index (Phi) is 3.94. The van der Waals surface area contributed by atoms with Crippen molar-refractivity contribution in [2.75, 3.05) is 19.0 Å². The topological polar surface area (TPSA) is 46.0 Å². The molecule has 5 heteroatoms. The first kappa shape index (κ1) is 12.6. The average Bonchev–Trinajstić information content (AvgIpc) is 2.76. The van der Waals surface area contributed by atoms with Crippen molar-refractivity contribution >= 4 is 5.82 Å². The summed E-state index contributed by atoms with van der Waals surface area (Å²) >= 11 is 0. The molecule has 0 saturated carbocycles. The average molecular weight is 245 g/mol. The van der Waals surface area contributed by atoms with Gasteiger partial charge in [0, 0.05) is 33.0 Å². The summed E-state index contributed by atoms with van der Waals surface area (Å²) in [4.78, 5) is 11.0. The van der Waals surface area contributed by atoms with E-state index in [0.717, 1.165) is 30.4 Å². The largest absolute Gasteiger partial charge is 0.352 e. The molecule has 96 valence electrons. The number of rotatable bonds is 5. The molecule has 0 spiro atoms. The number of nitrogens with zero attached hydrogens (tertiary/aromatic N) is 4. The maximum Gasteiger partial charge on any atom is 0.129 e. The Bertz CT molecular complexity index is 506. The van der Waals surface area contributed by atoms with Crippen molar-refractivity contribution in [2.24, 2.45) is 7.05 Å². The number of aryl methyl sites for hydroxylation is 1. The van der Waals surface area contributed by atoms with Gasteiger partial charge in [-0.3, -0.25) is 0 Å². The molecule has 2 aromatic rings. The number of anilines is 1. The third kappa shape index (κ3) is 2.87. The van der Waals surface area contributed by atoms with Crippen molar-refractivity contribution in [3.8, 4) is 0 Å². The minimum Gasteiger partial charge on any atom is -0.352 e. The summed E-state index contributed by atoms with van der Waals surface area (Å²) in [6.45, 7) is 1.53. The van der Waals surface area contributed by atoms with E-state index in [1.165, 1.54) is 0 Å². The first-order valence-corrected chi connectivity index (χ1v) is 5.98. The first-order chi connectivity index (χ1) is 8.70. The third-order valence-corrected chi connectivity index (χ3v) is 2.84. The Morgan fingerprint density at radius 3 is 2.89 bits per heavy atom.